The van der Waals surface area contributed by atoms with Gasteiger partial charge in [-0.1, -0.05) is 5.16 Å². The van der Waals surface area contributed by atoms with E-state index in [1.807, 2.05) is 25.6 Å². The number of nitrogens with zero attached hydrogens (tertiary/aromatic N) is 4. The lowest BCUT2D eigenvalue weighted by atomic mass is 10.1. The molecule has 0 radical (unpaired) electrons. The Bertz CT molecular complexity index is 859. The van der Waals surface area contributed by atoms with Gasteiger partial charge in [0.2, 0.25) is 5.89 Å². The topological polar surface area (TPSA) is 68.8 Å². The van der Waals surface area contributed by atoms with Gasteiger partial charge in [-0.15, -0.1) is 12.4 Å². The Morgan fingerprint density at radius 2 is 1.92 bits per heavy atom. The van der Waals surface area contributed by atoms with Gasteiger partial charge in [-0.2, -0.15) is 10.1 Å². The van der Waals surface area contributed by atoms with Crippen LogP contribution in [-0.2, 0) is 12.8 Å². The summed E-state index contributed by atoms with van der Waals surface area (Å²) in [6.07, 6.45) is 1.24. The van der Waals surface area contributed by atoms with Crippen LogP contribution in [0.5, 0.6) is 0 Å². The summed E-state index contributed by atoms with van der Waals surface area (Å²) < 4.78 is 20.3. The molecule has 1 unspecified atom stereocenters. The van der Waals surface area contributed by atoms with E-state index in [9.17, 15) is 4.39 Å². The molecule has 1 atom stereocenters. The minimum absolute atomic E-state index is 0. The fraction of sp³-hybridized carbons (Fsp3) is 0.389. The number of nitrogens with one attached hydrogen (secondary N) is 1. The summed E-state index contributed by atoms with van der Waals surface area (Å²) in [7, 11) is 1.90. The Morgan fingerprint density at radius 3 is 2.58 bits per heavy atom. The first-order valence-electron chi connectivity index (χ1n) is 8.27. The van der Waals surface area contributed by atoms with E-state index in [0.717, 1.165) is 22.6 Å². The maximum absolute atomic E-state index is 13.1. The second-order valence-corrected chi connectivity index (χ2v) is 6.21. The van der Waals surface area contributed by atoms with Crippen LogP contribution < -0.4 is 5.32 Å². The molecule has 1 N–H and O–H groups in total. The van der Waals surface area contributed by atoms with E-state index in [2.05, 4.69) is 27.5 Å². The van der Waals surface area contributed by atoms with Gasteiger partial charge in [0, 0.05) is 23.7 Å². The summed E-state index contributed by atoms with van der Waals surface area (Å²) in [5.41, 5.74) is 3.74. The van der Waals surface area contributed by atoms with Crippen molar-refractivity contribution in [2.75, 3.05) is 7.05 Å². The van der Waals surface area contributed by atoms with Crippen LogP contribution in [0.25, 0.3) is 5.69 Å². The molecule has 0 aliphatic rings. The molecule has 0 saturated carbocycles. The zero-order chi connectivity index (χ0) is 18.0. The van der Waals surface area contributed by atoms with Crippen molar-refractivity contribution in [3.8, 4) is 5.69 Å². The zero-order valence-corrected chi connectivity index (χ0v) is 16.1. The molecule has 0 aliphatic heterocycles. The molecule has 1 aromatic carbocycles. The number of halogens is 2. The van der Waals surface area contributed by atoms with Crippen molar-refractivity contribution in [1.29, 1.82) is 0 Å². The largest absolute Gasteiger partial charge is 0.339 e. The molecule has 6 nitrogen and oxygen atoms in total. The molecule has 0 fully saturated rings. The van der Waals surface area contributed by atoms with E-state index >= 15 is 0 Å². The Hall–Kier alpha value is -2.25. The van der Waals surface area contributed by atoms with Crippen LogP contribution in [0.1, 0.15) is 35.6 Å². The molecule has 0 saturated heterocycles. The van der Waals surface area contributed by atoms with Gasteiger partial charge in [-0.05, 0) is 52.1 Å². The van der Waals surface area contributed by atoms with Crippen molar-refractivity contribution in [3.05, 3.63) is 58.7 Å². The van der Waals surface area contributed by atoms with E-state index in [4.69, 9.17) is 4.52 Å². The van der Waals surface area contributed by atoms with E-state index < -0.39 is 0 Å². The highest BCUT2D eigenvalue weighted by molar-refractivity contribution is 5.85. The van der Waals surface area contributed by atoms with Crippen LogP contribution in [0, 0.1) is 19.7 Å². The Labute approximate surface area is 158 Å². The average Bonchev–Trinajstić information content (AvgIpc) is 3.15. The Morgan fingerprint density at radius 1 is 1.23 bits per heavy atom. The molecule has 2 aromatic heterocycles. The highest BCUT2D eigenvalue weighted by atomic mass is 35.5. The quantitative estimate of drug-likeness (QED) is 0.712. The van der Waals surface area contributed by atoms with Gasteiger partial charge in [-0.25, -0.2) is 9.07 Å². The van der Waals surface area contributed by atoms with Crippen LogP contribution in [0.3, 0.4) is 0 Å². The van der Waals surface area contributed by atoms with Crippen LogP contribution in [-0.4, -0.2) is 33.0 Å². The van der Waals surface area contributed by atoms with Crippen molar-refractivity contribution in [1.82, 2.24) is 25.2 Å². The number of hydrogen-bond acceptors (Lipinski definition) is 5. The van der Waals surface area contributed by atoms with Gasteiger partial charge < -0.3 is 9.84 Å². The van der Waals surface area contributed by atoms with Crippen molar-refractivity contribution >= 4 is 12.4 Å². The monoisotopic (exact) mass is 379 g/mol. The van der Waals surface area contributed by atoms with E-state index in [-0.39, 0.29) is 24.3 Å². The van der Waals surface area contributed by atoms with Crippen LogP contribution in [0.15, 0.2) is 28.8 Å². The third kappa shape index (κ3) is 4.28. The first-order chi connectivity index (χ1) is 12.0. The zero-order valence-electron chi connectivity index (χ0n) is 15.3. The van der Waals surface area contributed by atoms with Crippen molar-refractivity contribution < 1.29 is 8.91 Å². The molecular weight excluding hydrogens is 357 g/mol. The lowest BCUT2D eigenvalue weighted by Crippen LogP contribution is -2.24. The van der Waals surface area contributed by atoms with Crippen molar-refractivity contribution in [2.24, 2.45) is 0 Å². The van der Waals surface area contributed by atoms with Gasteiger partial charge in [0.05, 0.1) is 17.8 Å². The number of benzene rings is 1. The van der Waals surface area contributed by atoms with Crippen LogP contribution in [0.2, 0.25) is 0 Å². The molecule has 0 spiro atoms. The van der Waals surface area contributed by atoms with E-state index in [0.29, 0.717) is 24.6 Å². The van der Waals surface area contributed by atoms with E-state index in [1.54, 1.807) is 12.1 Å². The number of rotatable bonds is 6. The summed E-state index contributed by atoms with van der Waals surface area (Å²) in [6.45, 7) is 6.00. The number of aryl methyl sites for hydroxylation is 1. The Kier molecular flexibility index (Phi) is 6.50. The molecule has 3 aromatic rings. The minimum Gasteiger partial charge on any atom is -0.339 e. The smallest absolute Gasteiger partial charge is 0.231 e. The fourth-order valence-corrected chi connectivity index (χ4v) is 2.74. The number of aromatic nitrogens is 4. The predicted molar refractivity (Wildman–Crippen MR) is 99.6 cm³/mol. The van der Waals surface area contributed by atoms with Crippen molar-refractivity contribution in [3.63, 3.8) is 0 Å². The number of hydrogen-bond donors (Lipinski definition) is 1. The lowest BCUT2D eigenvalue weighted by molar-refractivity contribution is 0.377. The van der Waals surface area contributed by atoms with Gasteiger partial charge in [0.25, 0.3) is 0 Å². The van der Waals surface area contributed by atoms with Gasteiger partial charge in [-0.3, -0.25) is 0 Å². The average molecular weight is 380 g/mol. The summed E-state index contributed by atoms with van der Waals surface area (Å²) >= 11 is 0. The second-order valence-electron chi connectivity index (χ2n) is 6.21. The maximum atomic E-state index is 13.1. The maximum Gasteiger partial charge on any atom is 0.231 e. The third-order valence-corrected chi connectivity index (χ3v) is 4.33. The van der Waals surface area contributed by atoms with Gasteiger partial charge >= 0.3 is 0 Å². The summed E-state index contributed by atoms with van der Waals surface area (Å²) in [4.78, 5) is 4.46. The molecule has 0 aliphatic carbocycles. The highest BCUT2D eigenvalue weighted by Gasteiger charge is 2.17. The van der Waals surface area contributed by atoms with Crippen LogP contribution >= 0.6 is 12.4 Å². The van der Waals surface area contributed by atoms with E-state index in [1.165, 1.54) is 12.1 Å². The van der Waals surface area contributed by atoms with Gasteiger partial charge in [0.1, 0.15) is 5.82 Å². The first kappa shape index (κ1) is 20.1. The second kappa shape index (κ2) is 8.42. The van der Waals surface area contributed by atoms with Crippen molar-refractivity contribution in [2.45, 2.75) is 39.7 Å². The molecule has 3 rings (SSSR count). The fourth-order valence-electron chi connectivity index (χ4n) is 2.74. The van der Waals surface area contributed by atoms with Crippen LogP contribution in [0.4, 0.5) is 4.39 Å². The molecule has 2 heterocycles. The first-order valence-corrected chi connectivity index (χ1v) is 8.27. The Balaban J connectivity index is 0.00000243. The summed E-state index contributed by atoms with van der Waals surface area (Å²) in [5.74, 6) is 1.00. The predicted octanol–water partition coefficient (Wildman–Crippen LogP) is 3.17. The molecule has 8 heteroatoms. The summed E-state index contributed by atoms with van der Waals surface area (Å²) in [5, 5.41) is 11.8. The standard InChI is InChI=1S/C18H22FN5O.ClH/c1-11(20-4)9-17-21-18(25-23-17)10-16-12(2)22-24(13(16)3)15-7-5-14(19)6-8-15;/h5-8,11,20H,9-10H2,1-4H3;1H. The minimum atomic E-state index is -0.264. The van der Waals surface area contributed by atoms with Gasteiger partial charge in [0.15, 0.2) is 5.82 Å². The third-order valence-electron chi connectivity index (χ3n) is 4.33. The SMILES string of the molecule is CNC(C)Cc1noc(Cc2c(C)nn(-c3ccc(F)cc3)c2C)n1.Cl. The molecule has 0 bridgehead atoms. The summed E-state index contributed by atoms with van der Waals surface area (Å²) in [6, 6.07) is 6.57. The normalized spacial score (nSPS) is 12.0. The highest BCUT2D eigenvalue weighted by Crippen LogP contribution is 2.21. The lowest BCUT2D eigenvalue weighted by Gasteiger charge is -2.05. The molecule has 26 heavy (non-hydrogen) atoms. The number of likely N-dealkylation sites (N-methyl/N-ethyl adjacent to an activating group) is 1. The molecule has 0 amide bonds. The molecule has 140 valence electrons. The molecular formula is C18H23ClFN5O.